The molecule has 1 saturated carbocycles. The molecule has 0 bridgehead atoms. The molecule has 0 unspecified atom stereocenters. The maximum Gasteiger partial charge on any atom is 0.312 e. The third-order valence-corrected chi connectivity index (χ3v) is 11.0. The summed E-state index contributed by atoms with van der Waals surface area (Å²) < 4.78 is 39.6. The van der Waals surface area contributed by atoms with Crippen molar-refractivity contribution in [1.82, 2.24) is 4.98 Å². The van der Waals surface area contributed by atoms with Gasteiger partial charge in [-0.05, 0) is 94.3 Å². The van der Waals surface area contributed by atoms with Crippen molar-refractivity contribution in [1.29, 1.82) is 0 Å². The molecule has 4 rings (SSSR count). The van der Waals surface area contributed by atoms with Crippen LogP contribution in [0.5, 0.6) is 0 Å². The molecule has 32 heavy (non-hydrogen) atoms. The second kappa shape index (κ2) is 7.32. The number of aliphatic imine (C=N–C) groups is 1. The van der Waals surface area contributed by atoms with Gasteiger partial charge in [0.25, 0.3) is 0 Å². The van der Waals surface area contributed by atoms with E-state index in [1.807, 2.05) is 13.8 Å². The lowest BCUT2D eigenvalue weighted by molar-refractivity contribution is -0.153. The Kier molecular flexibility index (Phi) is 5.45. The van der Waals surface area contributed by atoms with Crippen LogP contribution in [0.1, 0.15) is 72.9 Å². The first-order valence-corrected chi connectivity index (χ1v) is 13.3. The number of nitrogens with zero attached hydrogens (tertiary/aromatic N) is 3. The minimum atomic E-state index is -2.90. The molecule has 1 aliphatic carbocycles. The summed E-state index contributed by atoms with van der Waals surface area (Å²) in [7, 11) is -2.90. The van der Waals surface area contributed by atoms with Gasteiger partial charge in [-0.3, -0.25) is 9.79 Å². The minimum absolute atomic E-state index is 0.0313. The molecule has 1 aromatic heterocycles. The van der Waals surface area contributed by atoms with E-state index in [2.05, 4.69) is 20.9 Å². The number of ether oxygens (including phenoxy) is 1. The van der Waals surface area contributed by atoms with Gasteiger partial charge in [-0.1, -0.05) is 0 Å². The van der Waals surface area contributed by atoms with Crippen molar-refractivity contribution in [2.75, 3.05) is 6.54 Å². The Bertz CT molecular complexity index is 1130. The molecule has 0 radical (unpaired) electrons. The van der Waals surface area contributed by atoms with E-state index in [9.17, 15) is 9.00 Å². The first-order chi connectivity index (χ1) is 14.6. The molecule has 0 saturated heterocycles. The zero-order valence-corrected chi connectivity index (χ0v) is 21.9. The van der Waals surface area contributed by atoms with Gasteiger partial charge in [-0.15, -0.1) is 0 Å². The quantitative estimate of drug-likeness (QED) is 0.400. The number of pyridine rings is 1. The van der Waals surface area contributed by atoms with E-state index in [0.717, 1.165) is 12.8 Å². The van der Waals surface area contributed by atoms with Gasteiger partial charge in [0.2, 0.25) is 0 Å². The third-order valence-electron chi connectivity index (χ3n) is 7.00. The van der Waals surface area contributed by atoms with Crippen LogP contribution in [0.2, 0.25) is 0 Å². The van der Waals surface area contributed by atoms with E-state index in [1.54, 1.807) is 27.7 Å². The van der Waals surface area contributed by atoms with Crippen LogP contribution in [0, 0.1) is 11.2 Å². The molecular formula is C23H31BrFN3O3S. The normalized spacial score (nSPS) is 32.5. The van der Waals surface area contributed by atoms with Crippen LogP contribution < -0.4 is 0 Å². The van der Waals surface area contributed by atoms with Crippen LogP contribution in [-0.2, 0) is 24.8 Å². The van der Waals surface area contributed by atoms with Gasteiger partial charge in [0.15, 0.2) is 0 Å². The van der Waals surface area contributed by atoms with Crippen molar-refractivity contribution in [2.45, 2.75) is 88.4 Å². The van der Waals surface area contributed by atoms with Gasteiger partial charge >= 0.3 is 5.97 Å². The molecule has 3 atom stereocenters. The van der Waals surface area contributed by atoms with Crippen molar-refractivity contribution in [2.24, 2.45) is 14.8 Å². The standard InChI is InChI=1S/C23H31BrFN3O3S/c1-20(2,3)31-18(29)11-15-21(4,5)32(30)16(12-23(9-10-23)13-26-32)22(6,28-15)19-14(25)7-8-17(24)27-19/h7-8,16H,9-13H2,1-6H3/t16-,22+,32-/m1/s1. The first kappa shape index (κ1) is 23.8. The molecule has 0 aromatic carbocycles. The summed E-state index contributed by atoms with van der Waals surface area (Å²) in [5.41, 5.74) is -1.28. The lowest BCUT2D eigenvalue weighted by atomic mass is 9.84. The highest BCUT2D eigenvalue weighted by molar-refractivity contribution is 9.10. The Morgan fingerprint density at radius 3 is 2.53 bits per heavy atom. The second-order valence-electron chi connectivity index (χ2n) is 11.0. The highest BCUT2D eigenvalue weighted by atomic mass is 79.9. The average molecular weight is 528 g/mol. The molecule has 176 valence electrons. The Labute approximate surface area is 198 Å². The largest absolute Gasteiger partial charge is 0.460 e. The fourth-order valence-corrected chi connectivity index (χ4v) is 8.67. The molecule has 9 heteroatoms. The van der Waals surface area contributed by atoms with E-state index in [-0.39, 0.29) is 17.5 Å². The van der Waals surface area contributed by atoms with Crippen molar-refractivity contribution in [3.63, 3.8) is 0 Å². The summed E-state index contributed by atoms with van der Waals surface area (Å²) >= 11 is 3.34. The minimum Gasteiger partial charge on any atom is -0.460 e. The zero-order chi connectivity index (χ0) is 23.7. The van der Waals surface area contributed by atoms with Crippen LogP contribution in [0.25, 0.3) is 0 Å². The van der Waals surface area contributed by atoms with Crippen LogP contribution in [0.4, 0.5) is 4.39 Å². The topological polar surface area (TPSA) is 81.0 Å². The number of fused-ring (bicyclic) bond motifs is 1. The summed E-state index contributed by atoms with van der Waals surface area (Å²) in [6.45, 7) is 11.4. The van der Waals surface area contributed by atoms with Gasteiger partial charge in [0, 0.05) is 5.71 Å². The van der Waals surface area contributed by atoms with Crippen LogP contribution in [0.3, 0.4) is 0 Å². The van der Waals surface area contributed by atoms with Crippen molar-refractivity contribution < 1.29 is 18.1 Å². The summed E-state index contributed by atoms with van der Waals surface area (Å²) in [4.78, 5) is 22.2. The Hall–Kier alpha value is -1.35. The van der Waals surface area contributed by atoms with Crippen LogP contribution in [0.15, 0.2) is 26.1 Å². The number of carbonyl (C=O) groups excluding carboxylic acids is 1. The monoisotopic (exact) mass is 527 g/mol. The molecular weight excluding hydrogens is 497 g/mol. The summed E-state index contributed by atoms with van der Waals surface area (Å²) in [5, 5.41) is -0.500. The lowest BCUT2D eigenvalue weighted by Crippen LogP contribution is -2.60. The number of hydrogen-bond donors (Lipinski definition) is 0. The summed E-state index contributed by atoms with van der Waals surface area (Å²) in [5.74, 6) is -0.960. The van der Waals surface area contributed by atoms with E-state index >= 15 is 4.39 Å². The first-order valence-electron chi connectivity index (χ1n) is 11.0. The Balaban J connectivity index is 1.90. The summed E-state index contributed by atoms with van der Waals surface area (Å²) in [6.07, 6.45) is 2.59. The average Bonchev–Trinajstić information content (AvgIpc) is 3.42. The van der Waals surface area contributed by atoms with Crippen molar-refractivity contribution in [3.05, 3.63) is 28.2 Å². The fourth-order valence-electron chi connectivity index (χ4n) is 4.86. The van der Waals surface area contributed by atoms with Crippen LogP contribution in [-0.4, -0.2) is 43.0 Å². The Morgan fingerprint density at radius 1 is 1.28 bits per heavy atom. The molecule has 1 spiro atoms. The predicted octanol–water partition coefficient (Wildman–Crippen LogP) is 5.18. The highest BCUT2D eigenvalue weighted by Crippen LogP contribution is 2.59. The van der Waals surface area contributed by atoms with Gasteiger partial charge in [0.05, 0.1) is 32.7 Å². The predicted molar refractivity (Wildman–Crippen MR) is 127 cm³/mol. The smallest absolute Gasteiger partial charge is 0.312 e. The van der Waals surface area contributed by atoms with Gasteiger partial charge < -0.3 is 4.74 Å². The highest BCUT2D eigenvalue weighted by Gasteiger charge is 2.62. The number of rotatable bonds is 3. The maximum atomic E-state index is 15.1. The van der Waals surface area contributed by atoms with E-state index in [0.29, 0.717) is 23.3 Å². The molecule has 1 fully saturated rings. The lowest BCUT2D eigenvalue weighted by Gasteiger charge is -2.50. The third kappa shape index (κ3) is 3.83. The van der Waals surface area contributed by atoms with Crippen molar-refractivity contribution in [3.8, 4) is 0 Å². The maximum absolute atomic E-state index is 15.1. The summed E-state index contributed by atoms with van der Waals surface area (Å²) in [6, 6.07) is 2.88. The van der Waals surface area contributed by atoms with Crippen LogP contribution >= 0.6 is 15.9 Å². The molecule has 0 amide bonds. The van der Waals surface area contributed by atoms with Gasteiger partial charge in [-0.25, -0.2) is 17.9 Å². The molecule has 0 N–H and O–H groups in total. The molecule has 3 heterocycles. The number of hydrogen-bond acceptors (Lipinski definition) is 6. The van der Waals surface area contributed by atoms with Gasteiger partial charge in [-0.2, -0.15) is 0 Å². The molecule has 6 nitrogen and oxygen atoms in total. The molecule has 1 aromatic rings. The molecule has 2 aliphatic heterocycles. The second-order valence-corrected chi connectivity index (χ2v) is 14.8. The number of halogens is 2. The van der Waals surface area contributed by atoms with E-state index < -0.39 is 42.7 Å². The zero-order valence-electron chi connectivity index (χ0n) is 19.5. The Morgan fingerprint density at radius 2 is 1.94 bits per heavy atom. The molecule has 3 aliphatic rings. The SMILES string of the molecule is CC(C)(C)OC(=O)CC1=N[C@](C)(c2nc(Br)ccc2F)[C@H]2CC3(CC3)CN=[S@]2(=O)C1(C)C. The van der Waals surface area contributed by atoms with Gasteiger partial charge in [0.1, 0.15) is 27.3 Å². The fraction of sp³-hybridized carbons (Fsp3) is 0.696. The number of carbonyl (C=O) groups is 1. The number of aromatic nitrogens is 1. The number of esters is 1. The van der Waals surface area contributed by atoms with E-state index in [1.165, 1.54) is 12.1 Å². The van der Waals surface area contributed by atoms with E-state index in [4.69, 9.17) is 14.1 Å². The van der Waals surface area contributed by atoms with Crippen molar-refractivity contribution >= 4 is 37.3 Å².